The van der Waals surface area contributed by atoms with Crippen LogP contribution in [0.25, 0.3) is 0 Å². The number of anilines is 2. The SMILES string of the molecule is CCN(c1cc(OC)c(OC)cc1C(=O)Nc1ccc(C(N)=O)cc1)S(C)(=O)=O. The number of ether oxygens (including phenoxy) is 2. The second-order valence-corrected chi connectivity index (χ2v) is 7.95. The number of amides is 2. The number of carbonyl (C=O) groups excluding carboxylic acids is 2. The quantitative estimate of drug-likeness (QED) is 0.669. The first-order chi connectivity index (χ1) is 13.6. The first-order valence-electron chi connectivity index (χ1n) is 8.57. The van der Waals surface area contributed by atoms with Gasteiger partial charge < -0.3 is 20.5 Å². The van der Waals surface area contributed by atoms with Crippen LogP contribution in [0.15, 0.2) is 36.4 Å². The number of hydrogen-bond acceptors (Lipinski definition) is 6. The Hall–Kier alpha value is -3.27. The number of benzene rings is 2. The number of methoxy groups -OCH3 is 2. The third kappa shape index (κ3) is 4.96. The zero-order chi connectivity index (χ0) is 21.8. The maximum Gasteiger partial charge on any atom is 0.257 e. The highest BCUT2D eigenvalue weighted by Crippen LogP contribution is 2.36. The molecule has 0 unspecified atom stereocenters. The standard InChI is InChI=1S/C19H23N3O6S/c1-5-22(29(4,25)26)15-11-17(28-3)16(27-2)10-14(15)19(24)21-13-8-6-12(7-9-13)18(20)23/h6-11H,5H2,1-4H3,(H2,20,23)(H,21,24). The predicted molar refractivity (Wildman–Crippen MR) is 110 cm³/mol. The molecule has 9 nitrogen and oxygen atoms in total. The first kappa shape index (κ1) is 22.0. The lowest BCUT2D eigenvalue weighted by molar-refractivity contribution is 0.0998. The molecule has 0 atom stereocenters. The number of nitrogens with zero attached hydrogens (tertiary/aromatic N) is 1. The average molecular weight is 421 g/mol. The van der Waals surface area contributed by atoms with Crippen LogP contribution in [0.5, 0.6) is 11.5 Å². The smallest absolute Gasteiger partial charge is 0.257 e. The molecule has 0 spiro atoms. The molecule has 2 amide bonds. The summed E-state index contributed by atoms with van der Waals surface area (Å²) >= 11 is 0. The zero-order valence-electron chi connectivity index (χ0n) is 16.6. The van der Waals surface area contributed by atoms with Crippen LogP contribution in [0.4, 0.5) is 11.4 Å². The van der Waals surface area contributed by atoms with Gasteiger partial charge in [-0.25, -0.2) is 8.42 Å². The number of rotatable bonds is 8. The predicted octanol–water partition coefficient (Wildman–Crippen LogP) is 1.84. The van der Waals surface area contributed by atoms with E-state index in [0.717, 1.165) is 10.6 Å². The Labute approximate surface area is 169 Å². The van der Waals surface area contributed by atoms with Crippen LogP contribution < -0.4 is 24.8 Å². The minimum atomic E-state index is -3.65. The topological polar surface area (TPSA) is 128 Å². The van der Waals surface area contributed by atoms with E-state index in [2.05, 4.69) is 5.32 Å². The lowest BCUT2D eigenvalue weighted by Crippen LogP contribution is -2.31. The van der Waals surface area contributed by atoms with Crippen molar-refractivity contribution in [2.45, 2.75) is 6.92 Å². The van der Waals surface area contributed by atoms with Gasteiger partial charge in [0.1, 0.15) is 0 Å². The molecule has 2 aromatic carbocycles. The van der Waals surface area contributed by atoms with Crippen LogP contribution in [0, 0.1) is 0 Å². The number of carbonyl (C=O) groups is 2. The van der Waals surface area contributed by atoms with E-state index in [9.17, 15) is 18.0 Å². The Balaban J connectivity index is 2.53. The van der Waals surface area contributed by atoms with Gasteiger partial charge in [0.15, 0.2) is 11.5 Å². The van der Waals surface area contributed by atoms with Crippen LogP contribution >= 0.6 is 0 Å². The summed E-state index contributed by atoms with van der Waals surface area (Å²) in [6.45, 7) is 1.77. The summed E-state index contributed by atoms with van der Waals surface area (Å²) in [7, 11) is -0.823. The molecular weight excluding hydrogens is 398 g/mol. The number of hydrogen-bond donors (Lipinski definition) is 2. The van der Waals surface area contributed by atoms with E-state index >= 15 is 0 Å². The molecule has 0 aliphatic heterocycles. The minimum absolute atomic E-state index is 0.0777. The van der Waals surface area contributed by atoms with Gasteiger partial charge >= 0.3 is 0 Å². The van der Waals surface area contributed by atoms with E-state index in [-0.39, 0.29) is 29.3 Å². The van der Waals surface area contributed by atoms with E-state index < -0.39 is 21.8 Å². The summed E-state index contributed by atoms with van der Waals surface area (Å²) in [6, 6.07) is 8.84. The molecule has 3 N–H and O–H groups in total. The van der Waals surface area contributed by atoms with E-state index in [1.807, 2.05) is 0 Å². The van der Waals surface area contributed by atoms with Crippen molar-refractivity contribution in [3.63, 3.8) is 0 Å². The fraction of sp³-hybridized carbons (Fsp3) is 0.263. The third-order valence-electron chi connectivity index (χ3n) is 4.13. The number of primary amides is 1. The summed E-state index contributed by atoms with van der Waals surface area (Å²) in [4.78, 5) is 24.1. The highest BCUT2D eigenvalue weighted by molar-refractivity contribution is 7.92. The van der Waals surface area contributed by atoms with Gasteiger partial charge in [0.2, 0.25) is 15.9 Å². The summed E-state index contributed by atoms with van der Waals surface area (Å²) in [5, 5.41) is 2.68. The molecule has 0 saturated carbocycles. The second kappa shape index (κ2) is 8.82. The lowest BCUT2D eigenvalue weighted by atomic mass is 10.1. The van der Waals surface area contributed by atoms with Crippen molar-refractivity contribution in [2.75, 3.05) is 36.6 Å². The molecule has 10 heteroatoms. The fourth-order valence-corrected chi connectivity index (χ4v) is 3.73. The van der Waals surface area contributed by atoms with Crippen molar-refractivity contribution in [3.8, 4) is 11.5 Å². The van der Waals surface area contributed by atoms with E-state index in [1.54, 1.807) is 6.92 Å². The van der Waals surface area contributed by atoms with E-state index in [1.165, 1.54) is 50.6 Å². The molecule has 29 heavy (non-hydrogen) atoms. The molecule has 156 valence electrons. The summed E-state index contributed by atoms with van der Waals surface area (Å²) in [5.74, 6) is -0.589. The first-order valence-corrected chi connectivity index (χ1v) is 10.4. The average Bonchev–Trinajstić information content (AvgIpc) is 2.67. The van der Waals surface area contributed by atoms with Crippen molar-refractivity contribution < 1.29 is 27.5 Å². The van der Waals surface area contributed by atoms with Crippen LogP contribution in [-0.2, 0) is 10.0 Å². The van der Waals surface area contributed by atoms with Crippen LogP contribution in [0.3, 0.4) is 0 Å². The monoisotopic (exact) mass is 421 g/mol. The second-order valence-electron chi connectivity index (χ2n) is 6.05. The van der Waals surface area contributed by atoms with Crippen LogP contribution in [-0.4, -0.2) is 47.3 Å². The van der Waals surface area contributed by atoms with Gasteiger partial charge in [0, 0.05) is 23.9 Å². The number of nitrogens with two attached hydrogens (primary N) is 1. The zero-order valence-corrected chi connectivity index (χ0v) is 17.4. The van der Waals surface area contributed by atoms with Crippen molar-refractivity contribution in [1.29, 1.82) is 0 Å². The lowest BCUT2D eigenvalue weighted by Gasteiger charge is -2.24. The minimum Gasteiger partial charge on any atom is -0.493 e. The van der Waals surface area contributed by atoms with Gasteiger partial charge in [0.05, 0.1) is 31.7 Å². The molecule has 2 aromatic rings. The van der Waals surface area contributed by atoms with Crippen LogP contribution in [0.2, 0.25) is 0 Å². The molecule has 2 rings (SSSR count). The molecular formula is C19H23N3O6S. The molecule has 0 radical (unpaired) electrons. The molecule has 0 saturated heterocycles. The maximum absolute atomic E-state index is 12.9. The largest absolute Gasteiger partial charge is 0.493 e. The maximum atomic E-state index is 12.9. The molecule has 0 fully saturated rings. The van der Waals surface area contributed by atoms with Crippen LogP contribution in [0.1, 0.15) is 27.6 Å². The number of sulfonamides is 1. The van der Waals surface area contributed by atoms with Crippen molar-refractivity contribution in [1.82, 2.24) is 0 Å². The Kier molecular flexibility index (Phi) is 6.70. The Morgan fingerprint density at radius 1 is 1.07 bits per heavy atom. The Morgan fingerprint density at radius 2 is 1.62 bits per heavy atom. The Morgan fingerprint density at radius 3 is 2.07 bits per heavy atom. The molecule has 0 aliphatic rings. The van der Waals surface area contributed by atoms with Gasteiger partial charge in [-0.2, -0.15) is 0 Å². The highest BCUT2D eigenvalue weighted by Gasteiger charge is 2.25. The third-order valence-corrected chi connectivity index (χ3v) is 5.39. The molecule has 0 aromatic heterocycles. The molecule has 0 aliphatic carbocycles. The highest BCUT2D eigenvalue weighted by atomic mass is 32.2. The fourth-order valence-electron chi connectivity index (χ4n) is 2.76. The normalized spacial score (nSPS) is 10.9. The van der Waals surface area contributed by atoms with E-state index in [4.69, 9.17) is 15.2 Å². The van der Waals surface area contributed by atoms with Gasteiger partial charge in [-0.05, 0) is 37.3 Å². The van der Waals surface area contributed by atoms with Crippen molar-refractivity contribution >= 4 is 33.2 Å². The van der Waals surface area contributed by atoms with Gasteiger partial charge in [0.25, 0.3) is 5.91 Å². The molecule has 0 bridgehead atoms. The van der Waals surface area contributed by atoms with Crippen molar-refractivity contribution in [2.24, 2.45) is 5.73 Å². The van der Waals surface area contributed by atoms with E-state index in [0.29, 0.717) is 11.3 Å². The van der Waals surface area contributed by atoms with Gasteiger partial charge in [-0.15, -0.1) is 0 Å². The van der Waals surface area contributed by atoms with Gasteiger partial charge in [-0.1, -0.05) is 0 Å². The Bertz CT molecular complexity index is 1020. The molecule has 0 heterocycles. The number of nitrogens with one attached hydrogen (secondary N) is 1. The van der Waals surface area contributed by atoms with Crippen molar-refractivity contribution in [3.05, 3.63) is 47.5 Å². The summed E-state index contributed by atoms with van der Waals surface area (Å²) in [5.41, 5.74) is 6.14. The van der Waals surface area contributed by atoms with Gasteiger partial charge in [-0.3, -0.25) is 13.9 Å². The summed E-state index contributed by atoms with van der Waals surface area (Å²) < 4.78 is 36.1. The summed E-state index contributed by atoms with van der Waals surface area (Å²) in [6.07, 6.45) is 1.05.